The van der Waals surface area contributed by atoms with Crippen molar-refractivity contribution in [1.82, 2.24) is 10.6 Å². The predicted molar refractivity (Wildman–Crippen MR) is 71.4 cm³/mol. The molecule has 5 heteroatoms. The maximum atomic E-state index is 13.8. The number of nitrogens with one attached hydrogen (secondary N) is 2. The van der Waals surface area contributed by atoms with Crippen molar-refractivity contribution >= 4 is 17.5 Å². The summed E-state index contributed by atoms with van der Waals surface area (Å²) in [6.07, 6.45) is 2.07. The Morgan fingerprint density at radius 3 is 3.00 bits per heavy atom. The molecule has 0 unspecified atom stereocenters. The second-order valence-corrected chi connectivity index (χ2v) is 5.84. The number of fused-ring (bicyclic) bond motifs is 1. The first kappa shape index (κ1) is 12.9. The molecule has 19 heavy (non-hydrogen) atoms. The molecule has 0 bridgehead atoms. The van der Waals surface area contributed by atoms with E-state index in [0.717, 1.165) is 6.42 Å². The third kappa shape index (κ3) is 2.47. The number of halogens is 2. The average molecular weight is 283 g/mol. The van der Waals surface area contributed by atoms with Gasteiger partial charge in [0.2, 0.25) is 5.91 Å². The highest BCUT2D eigenvalue weighted by atomic mass is 35.5. The van der Waals surface area contributed by atoms with E-state index in [9.17, 15) is 9.18 Å². The molecule has 1 saturated heterocycles. The van der Waals surface area contributed by atoms with Gasteiger partial charge in [-0.3, -0.25) is 4.79 Å². The average Bonchev–Trinajstić information content (AvgIpc) is 2.99. The van der Waals surface area contributed by atoms with Crippen molar-refractivity contribution in [3.05, 3.63) is 34.6 Å². The summed E-state index contributed by atoms with van der Waals surface area (Å²) in [6, 6.07) is 4.84. The first-order valence-corrected chi connectivity index (χ1v) is 6.94. The summed E-state index contributed by atoms with van der Waals surface area (Å²) in [5.74, 6) is 0.146. The summed E-state index contributed by atoms with van der Waals surface area (Å²) in [7, 11) is 0. The minimum atomic E-state index is -0.459. The molecular weight excluding hydrogens is 267 g/mol. The summed E-state index contributed by atoms with van der Waals surface area (Å²) >= 11 is 5.75. The molecule has 3 rings (SSSR count). The van der Waals surface area contributed by atoms with Gasteiger partial charge >= 0.3 is 0 Å². The normalized spacial score (nSPS) is 29.7. The molecule has 1 heterocycles. The summed E-state index contributed by atoms with van der Waals surface area (Å²) in [5.41, 5.74) is 0.420. The number of carbonyl (C=O) groups excluding carboxylic acids is 1. The van der Waals surface area contributed by atoms with Gasteiger partial charge in [0.1, 0.15) is 5.82 Å². The molecule has 1 aromatic rings. The third-order valence-corrected chi connectivity index (χ3v) is 4.29. The summed E-state index contributed by atoms with van der Waals surface area (Å²) in [6.45, 7) is 1.77. The van der Waals surface area contributed by atoms with Crippen molar-refractivity contribution in [3.8, 4) is 0 Å². The van der Waals surface area contributed by atoms with E-state index in [1.165, 1.54) is 12.5 Å². The van der Waals surface area contributed by atoms with Gasteiger partial charge in [-0.25, -0.2) is 4.39 Å². The van der Waals surface area contributed by atoms with Crippen LogP contribution in [0.2, 0.25) is 5.02 Å². The molecule has 3 nitrogen and oxygen atoms in total. The molecule has 0 spiro atoms. The molecule has 0 aromatic heterocycles. The second-order valence-electron chi connectivity index (χ2n) is 5.43. The van der Waals surface area contributed by atoms with E-state index >= 15 is 0 Å². The van der Waals surface area contributed by atoms with E-state index in [-0.39, 0.29) is 23.0 Å². The zero-order valence-corrected chi connectivity index (χ0v) is 11.4. The van der Waals surface area contributed by atoms with Crippen LogP contribution in [0.15, 0.2) is 18.2 Å². The minimum absolute atomic E-state index is 0.0564. The van der Waals surface area contributed by atoms with E-state index in [0.29, 0.717) is 17.5 Å². The molecule has 1 aliphatic heterocycles. The molecule has 4 atom stereocenters. The molecule has 102 valence electrons. The van der Waals surface area contributed by atoms with Gasteiger partial charge in [0, 0.05) is 11.6 Å². The van der Waals surface area contributed by atoms with Gasteiger partial charge in [0.05, 0.1) is 17.1 Å². The van der Waals surface area contributed by atoms with E-state index in [4.69, 9.17) is 11.6 Å². The fourth-order valence-electron chi connectivity index (χ4n) is 2.77. The Morgan fingerprint density at radius 1 is 1.53 bits per heavy atom. The van der Waals surface area contributed by atoms with Crippen LogP contribution < -0.4 is 10.6 Å². The zero-order chi connectivity index (χ0) is 13.6. The molecule has 2 aliphatic rings. The van der Waals surface area contributed by atoms with Crippen molar-refractivity contribution in [1.29, 1.82) is 0 Å². The van der Waals surface area contributed by atoms with Crippen LogP contribution in [-0.2, 0) is 4.79 Å². The molecule has 2 fully saturated rings. The van der Waals surface area contributed by atoms with Gasteiger partial charge in [0.15, 0.2) is 0 Å². The lowest BCUT2D eigenvalue weighted by molar-refractivity contribution is -0.123. The van der Waals surface area contributed by atoms with Gasteiger partial charge in [-0.1, -0.05) is 23.7 Å². The Hall–Kier alpha value is -1.13. The van der Waals surface area contributed by atoms with Crippen LogP contribution in [0.4, 0.5) is 4.39 Å². The Morgan fingerprint density at radius 2 is 2.32 bits per heavy atom. The highest BCUT2D eigenvalue weighted by Gasteiger charge is 2.47. The summed E-state index contributed by atoms with van der Waals surface area (Å²) < 4.78 is 13.8. The summed E-state index contributed by atoms with van der Waals surface area (Å²) in [4.78, 5) is 12.1. The fourth-order valence-corrected chi connectivity index (χ4v) is 2.95. The van der Waals surface area contributed by atoms with E-state index < -0.39 is 5.82 Å². The van der Waals surface area contributed by atoms with Crippen LogP contribution >= 0.6 is 11.6 Å². The Kier molecular flexibility index (Phi) is 3.23. The number of hydrogen-bond donors (Lipinski definition) is 2. The molecule has 1 amide bonds. The molecule has 2 N–H and O–H groups in total. The molecule has 1 aromatic carbocycles. The number of rotatable bonds is 3. The third-order valence-electron chi connectivity index (χ3n) is 4.00. The predicted octanol–water partition coefficient (Wildman–Crippen LogP) is 2.41. The highest BCUT2D eigenvalue weighted by Crippen LogP contribution is 2.40. The molecule has 1 saturated carbocycles. The number of carbonyl (C=O) groups is 1. The highest BCUT2D eigenvalue weighted by molar-refractivity contribution is 6.30. The Labute approximate surface area is 116 Å². The maximum absolute atomic E-state index is 13.8. The van der Waals surface area contributed by atoms with Crippen molar-refractivity contribution in [2.24, 2.45) is 5.92 Å². The molecule has 1 aliphatic carbocycles. The number of piperidine rings is 1. The van der Waals surface area contributed by atoms with E-state index in [1.807, 2.05) is 0 Å². The van der Waals surface area contributed by atoms with Crippen molar-refractivity contribution < 1.29 is 9.18 Å². The lowest BCUT2D eigenvalue weighted by atomic mass is 10.1. The monoisotopic (exact) mass is 282 g/mol. The van der Waals surface area contributed by atoms with E-state index in [1.54, 1.807) is 19.1 Å². The quantitative estimate of drug-likeness (QED) is 0.894. The van der Waals surface area contributed by atoms with Crippen molar-refractivity contribution in [2.45, 2.75) is 37.9 Å². The van der Waals surface area contributed by atoms with Crippen LogP contribution in [0.3, 0.4) is 0 Å². The first-order chi connectivity index (χ1) is 9.06. The molecule has 0 radical (unpaired) electrons. The topological polar surface area (TPSA) is 41.1 Å². The largest absolute Gasteiger partial charge is 0.348 e. The molecular formula is C14H16ClFN2O. The number of hydrogen-bond acceptors (Lipinski definition) is 2. The van der Waals surface area contributed by atoms with Gasteiger partial charge < -0.3 is 10.6 Å². The lowest BCUT2D eigenvalue weighted by Gasteiger charge is -2.19. The fraction of sp³-hybridized carbons (Fsp3) is 0.500. The van der Waals surface area contributed by atoms with Crippen molar-refractivity contribution in [2.75, 3.05) is 0 Å². The van der Waals surface area contributed by atoms with Crippen LogP contribution in [0.25, 0.3) is 0 Å². The minimum Gasteiger partial charge on any atom is -0.348 e. The van der Waals surface area contributed by atoms with Crippen molar-refractivity contribution in [3.63, 3.8) is 0 Å². The zero-order valence-electron chi connectivity index (χ0n) is 10.6. The first-order valence-electron chi connectivity index (χ1n) is 6.56. The van der Waals surface area contributed by atoms with E-state index in [2.05, 4.69) is 10.6 Å². The second kappa shape index (κ2) is 4.76. The lowest BCUT2D eigenvalue weighted by Crippen LogP contribution is -2.43. The standard InChI is InChI=1S/C14H16ClFN2O/c1-7(9-3-2-4-10(15)13(9)16)17-14(19)12-6-8-5-11(8)18-12/h2-4,7-8,11-12,18H,5-6H2,1H3,(H,17,19)/t7-,8-,11-,12+/m1/s1. The Bertz CT molecular complexity index is 512. The smallest absolute Gasteiger partial charge is 0.237 e. The summed E-state index contributed by atoms with van der Waals surface area (Å²) in [5, 5.41) is 6.21. The van der Waals surface area contributed by atoms with Gasteiger partial charge in [-0.15, -0.1) is 0 Å². The van der Waals surface area contributed by atoms with Gasteiger partial charge in [0.25, 0.3) is 0 Å². The van der Waals surface area contributed by atoms with Crippen LogP contribution in [0, 0.1) is 11.7 Å². The van der Waals surface area contributed by atoms with Crippen LogP contribution in [-0.4, -0.2) is 18.0 Å². The number of amides is 1. The Balaban J connectivity index is 1.65. The van der Waals surface area contributed by atoms with Crippen LogP contribution in [0.1, 0.15) is 31.4 Å². The maximum Gasteiger partial charge on any atom is 0.237 e. The van der Waals surface area contributed by atoms with Gasteiger partial charge in [-0.05, 0) is 31.7 Å². The van der Waals surface area contributed by atoms with Gasteiger partial charge in [-0.2, -0.15) is 0 Å². The number of benzene rings is 1. The SMILES string of the molecule is C[C@@H](NC(=O)[C@@H]1C[C@H]2C[C@H]2N1)c1cccc(Cl)c1F. The van der Waals surface area contributed by atoms with Crippen LogP contribution in [0.5, 0.6) is 0 Å².